The van der Waals surface area contributed by atoms with Gasteiger partial charge in [0, 0.05) is 5.56 Å². The molecule has 2 nitrogen and oxygen atoms in total. The van der Waals surface area contributed by atoms with Crippen LogP contribution in [0.4, 0.5) is 0 Å². The SMILES string of the molecule is CCC(C)C1OCc2cccc(O)c21. The van der Waals surface area contributed by atoms with Crippen molar-refractivity contribution in [3.8, 4) is 5.75 Å². The quantitative estimate of drug-likeness (QED) is 0.780. The summed E-state index contributed by atoms with van der Waals surface area (Å²) in [7, 11) is 0. The molecule has 1 heterocycles. The first kappa shape index (κ1) is 9.53. The van der Waals surface area contributed by atoms with E-state index in [1.807, 2.05) is 12.1 Å². The van der Waals surface area contributed by atoms with Crippen LogP contribution >= 0.6 is 0 Å². The Balaban J connectivity index is 2.38. The van der Waals surface area contributed by atoms with E-state index in [0.29, 0.717) is 18.3 Å². The molecule has 0 bridgehead atoms. The lowest BCUT2D eigenvalue weighted by Gasteiger charge is -2.18. The maximum Gasteiger partial charge on any atom is 0.121 e. The normalized spacial score (nSPS) is 22.0. The van der Waals surface area contributed by atoms with Gasteiger partial charge in [0.2, 0.25) is 0 Å². The summed E-state index contributed by atoms with van der Waals surface area (Å²) in [6.07, 6.45) is 1.15. The molecule has 2 unspecified atom stereocenters. The van der Waals surface area contributed by atoms with Gasteiger partial charge in [0.1, 0.15) is 5.75 Å². The predicted molar refractivity (Wildman–Crippen MR) is 55.1 cm³/mol. The van der Waals surface area contributed by atoms with Gasteiger partial charge in [0.25, 0.3) is 0 Å². The highest BCUT2D eigenvalue weighted by molar-refractivity contribution is 5.42. The number of rotatable bonds is 2. The summed E-state index contributed by atoms with van der Waals surface area (Å²) in [5.74, 6) is 0.842. The third-order valence-electron chi connectivity index (χ3n) is 3.04. The van der Waals surface area contributed by atoms with Crippen LogP contribution in [-0.2, 0) is 11.3 Å². The van der Waals surface area contributed by atoms with Crippen LogP contribution in [0, 0.1) is 5.92 Å². The van der Waals surface area contributed by atoms with Crippen molar-refractivity contribution in [3.63, 3.8) is 0 Å². The minimum absolute atomic E-state index is 0.0798. The number of ether oxygens (including phenoxy) is 1. The molecule has 0 fully saturated rings. The number of hydrogen-bond donors (Lipinski definition) is 1. The molecule has 2 heteroatoms. The lowest BCUT2D eigenvalue weighted by atomic mass is 9.93. The monoisotopic (exact) mass is 192 g/mol. The van der Waals surface area contributed by atoms with Crippen molar-refractivity contribution >= 4 is 0 Å². The van der Waals surface area contributed by atoms with E-state index in [0.717, 1.165) is 17.5 Å². The minimum Gasteiger partial charge on any atom is -0.508 e. The molecule has 0 aromatic heterocycles. The van der Waals surface area contributed by atoms with Gasteiger partial charge in [-0.25, -0.2) is 0 Å². The number of aromatic hydroxyl groups is 1. The first-order valence-corrected chi connectivity index (χ1v) is 5.16. The number of phenolic OH excluding ortho intramolecular Hbond substituents is 1. The fraction of sp³-hybridized carbons (Fsp3) is 0.500. The van der Waals surface area contributed by atoms with Gasteiger partial charge in [0.15, 0.2) is 0 Å². The predicted octanol–water partition coefficient (Wildman–Crippen LogP) is 3.01. The average molecular weight is 192 g/mol. The van der Waals surface area contributed by atoms with Gasteiger partial charge < -0.3 is 9.84 Å². The summed E-state index contributed by atoms with van der Waals surface area (Å²) in [4.78, 5) is 0. The number of hydrogen-bond acceptors (Lipinski definition) is 2. The van der Waals surface area contributed by atoms with Crippen molar-refractivity contribution < 1.29 is 9.84 Å². The van der Waals surface area contributed by atoms with Crippen LogP contribution < -0.4 is 0 Å². The highest BCUT2D eigenvalue weighted by atomic mass is 16.5. The van der Waals surface area contributed by atoms with Crippen molar-refractivity contribution in [2.24, 2.45) is 5.92 Å². The van der Waals surface area contributed by atoms with E-state index in [1.165, 1.54) is 0 Å². The van der Waals surface area contributed by atoms with Crippen molar-refractivity contribution in [2.45, 2.75) is 33.0 Å². The zero-order chi connectivity index (χ0) is 10.1. The average Bonchev–Trinajstić information content (AvgIpc) is 2.62. The molecule has 0 radical (unpaired) electrons. The molecule has 0 aliphatic carbocycles. The molecule has 1 aliphatic rings. The second kappa shape index (κ2) is 3.62. The van der Waals surface area contributed by atoms with Crippen LogP contribution in [0.15, 0.2) is 18.2 Å². The second-order valence-electron chi connectivity index (χ2n) is 3.97. The molecule has 2 rings (SSSR count). The summed E-state index contributed by atoms with van der Waals surface area (Å²) < 4.78 is 5.70. The maximum absolute atomic E-state index is 9.77. The van der Waals surface area contributed by atoms with E-state index in [9.17, 15) is 5.11 Å². The second-order valence-corrected chi connectivity index (χ2v) is 3.97. The van der Waals surface area contributed by atoms with Crippen LogP contribution in [-0.4, -0.2) is 5.11 Å². The highest BCUT2D eigenvalue weighted by Crippen LogP contribution is 2.41. The Morgan fingerprint density at radius 2 is 2.36 bits per heavy atom. The molecule has 1 aliphatic heterocycles. The van der Waals surface area contributed by atoms with E-state index >= 15 is 0 Å². The Kier molecular flexibility index (Phi) is 2.46. The molecule has 14 heavy (non-hydrogen) atoms. The van der Waals surface area contributed by atoms with Gasteiger partial charge >= 0.3 is 0 Å². The number of phenols is 1. The Hall–Kier alpha value is -1.02. The first-order valence-electron chi connectivity index (χ1n) is 5.16. The molecule has 0 spiro atoms. The molecule has 0 saturated heterocycles. The van der Waals surface area contributed by atoms with Gasteiger partial charge in [-0.15, -0.1) is 0 Å². The molecule has 0 saturated carbocycles. The van der Waals surface area contributed by atoms with E-state index < -0.39 is 0 Å². The Morgan fingerprint density at radius 3 is 3.07 bits per heavy atom. The smallest absolute Gasteiger partial charge is 0.121 e. The third-order valence-corrected chi connectivity index (χ3v) is 3.04. The van der Waals surface area contributed by atoms with E-state index in [4.69, 9.17) is 4.74 Å². The van der Waals surface area contributed by atoms with Crippen molar-refractivity contribution in [2.75, 3.05) is 0 Å². The standard InChI is InChI=1S/C12H16O2/c1-3-8(2)12-11-9(7-14-12)5-4-6-10(11)13/h4-6,8,12-13H,3,7H2,1-2H3. The van der Waals surface area contributed by atoms with Crippen LogP contribution in [0.2, 0.25) is 0 Å². The van der Waals surface area contributed by atoms with Crippen LogP contribution in [0.25, 0.3) is 0 Å². The van der Waals surface area contributed by atoms with Crippen molar-refractivity contribution in [1.29, 1.82) is 0 Å². The zero-order valence-corrected chi connectivity index (χ0v) is 8.66. The molecule has 2 atom stereocenters. The van der Waals surface area contributed by atoms with E-state index in [1.54, 1.807) is 6.07 Å². The van der Waals surface area contributed by atoms with E-state index in [-0.39, 0.29) is 6.10 Å². The molecule has 1 aromatic rings. The Labute approximate surface area is 84.5 Å². The Bertz CT molecular complexity index is 333. The van der Waals surface area contributed by atoms with Gasteiger partial charge in [0.05, 0.1) is 12.7 Å². The van der Waals surface area contributed by atoms with Crippen LogP contribution in [0.5, 0.6) is 5.75 Å². The summed E-state index contributed by atoms with van der Waals surface area (Å²) in [6.45, 7) is 4.94. The lowest BCUT2D eigenvalue weighted by molar-refractivity contribution is 0.0265. The van der Waals surface area contributed by atoms with Gasteiger partial charge in [-0.1, -0.05) is 32.4 Å². The fourth-order valence-corrected chi connectivity index (χ4v) is 1.98. The molecular weight excluding hydrogens is 176 g/mol. The topological polar surface area (TPSA) is 29.5 Å². The van der Waals surface area contributed by atoms with Crippen LogP contribution in [0.3, 0.4) is 0 Å². The Morgan fingerprint density at radius 1 is 1.57 bits per heavy atom. The molecular formula is C12H16O2. The summed E-state index contributed by atoms with van der Waals surface area (Å²) >= 11 is 0. The molecule has 1 aromatic carbocycles. The molecule has 1 N–H and O–H groups in total. The summed E-state index contributed by atoms with van der Waals surface area (Å²) in [5, 5.41) is 9.77. The third kappa shape index (κ3) is 1.40. The highest BCUT2D eigenvalue weighted by Gasteiger charge is 2.29. The van der Waals surface area contributed by atoms with Gasteiger partial charge in [-0.3, -0.25) is 0 Å². The van der Waals surface area contributed by atoms with Crippen molar-refractivity contribution in [3.05, 3.63) is 29.3 Å². The van der Waals surface area contributed by atoms with Gasteiger partial charge in [-0.05, 0) is 17.5 Å². The number of fused-ring (bicyclic) bond motifs is 1. The maximum atomic E-state index is 9.77. The van der Waals surface area contributed by atoms with Crippen molar-refractivity contribution in [1.82, 2.24) is 0 Å². The lowest BCUT2D eigenvalue weighted by Crippen LogP contribution is -2.07. The molecule has 0 amide bonds. The number of benzene rings is 1. The zero-order valence-electron chi connectivity index (χ0n) is 8.66. The summed E-state index contributed by atoms with van der Waals surface area (Å²) in [6, 6.07) is 5.64. The first-order chi connectivity index (χ1) is 6.74. The fourth-order valence-electron chi connectivity index (χ4n) is 1.98. The largest absolute Gasteiger partial charge is 0.508 e. The van der Waals surface area contributed by atoms with E-state index in [2.05, 4.69) is 13.8 Å². The summed E-state index contributed by atoms with van der Waals surface area (Å²) in [5.41, 5.74) is 2.14. The molecule has 76 valence electrons. The van der Waals surface area contributed by atoms with Crippen LogP contribution in [0.1, 0.15) is 37.5 Å². The minimum atomic E-state index is 0.0798. The van der Waals surface area contributed by atoms with Gasteiger partial charge in [-0.2, -0.15) is 0 Å².